The lowest BCUT2D eigenvalue weighted by atomic mass is 10.1. The lowest BCUT2D eigenvalue weighted by Crippen LogP contribution is -2.45. The van der Waals surface area contributed by atoms with E-state index in [4.69, 9.17) is 4.74 Å². The number of para-hydroxylation sites is 1. The minimum absolute atomic E-state index is 0.0698. The number of aliphatic hydroxyl groups is 2. The molecule has 0 radical (unpaired) electrons. The van der Waals surface area contributed by atoms with Gasteiger partial charge in [-0.1, -0.05) is 25.1 Å². The summed E-state index contributed by atoms with van der Waals surface area (Å²) in [5.74, 6) is 0.719. The van der Waals surface area contributed by atoms with Gasteiger partial charge in [0.05, 0.1) is 36.0 Å². The Morgan fingerprint density at radius 3 is 2.39 bits per heavy atom. The molecular formula is C33H45N7O5S. The Morgan fingerprint density at radius 1 is 1.13 bits per heavy atom. The summed E-state index contributed by atoms with van der Waals surface area (Å²) in [6, 6.07) is 14.6. The molecule has 13 heteroatoms. The van der Waals surface area contributed by atoms with Crippen LogP contribution in [-0.4, -0.2) is 79.3 Å². The maximum absolute atomic E-state index is 13.6. The highest BCUT2D eigenvalue weighted by Crippen LogP contribution is 2.39. The number of benzene rings is 2. The number of pyridine rings is 1. The minimum Gasteiger partial charge on any atom is -0.494 e. The monoisotopic (exact) mass is 651 g/mol. The molecule has 1 heterocycles. The quantitative estimate of drug-likeness (QED) is 0.150. The number of nitrogens with one attached hydrogen (secondary N) is 2. The van der Waals surface area contributed by atoms with Crippen molar-refractivity contribution in [3.05, 3.63) is 59.2 Å². The van der Waals surface area contributed by atoms with Crippen molar-refractivity contribution < 1.29 is 23.4 Å². The van der Waals surface area contributed by atoms with Crippen molar-refractivity contribution in [2.24, 2.45) is 10.2 Å². The van der Waals surface area contributed by atoms with Gasteiger partial charge in [-0.05, 0) is 64.8 Å². The summed E-state index contributed by atoms with van der Waals surface area (Å²) in [6.45, 7) is 11.9. The van der Waals surface area contributed by atoms with Gasteiger partial charge in [-0.2, -0.15) is 5.26 Å². The Labute approximate surface area is 272 Å². The van der Waals surface area contributed by atoms with Crippen LogP contribution in [0, 0.1) is 18.3 Å². The van der Waals surface area contributed by atoms with Crippen molar-refractivity contribution in [3.63, 3.8) is 0 Å². The molecule has 0 amide bonds. The van der Waals surface area contributed by atoms with Crippen molar-refractivity contribution in [1.82, 2.24) is 9.88 Å². The largest absolute Gasteiger partial charge is 0.494 e. The third-order valence-electron chi connectivity index (χ3n) is 7.41. The fraction of sp³-hybridized carbons (Fsp3) is 0.455. The molecule has 0 saturated heterocycles. The number of β-amino-alcohol motifs (C(OH)–C–C–N with tert-alkyl or cyclic N) is 1. The number of aliphatic hydroxyl groups excluding tert-OH is 2. The van der Waals surface area contributed by atoms with Crippen molar-refractivity contribution in [2.45, 2.75) is 64.5 Å². The Bertz CT molecular complexity index is 1660. The zero-order valence-electron chi connectivity index (χ0n) is 27.6. The summed E-state index contributed by atoms with van der Waals surface area (Å²) < 4.78 is 32.8. The fourth-order valence-electron chi connectivity index (χ4n) is 4.82. The van der Waals surface area contributed by atoms with Crippen LogP contribution in [0.1, 0.15) is 51.3 Å². The molecule has 0 fully saturated rings. The van der Waals surface area contributed by atoms with Crippen LogP contribution in [0.5, 0.6) is 5.75 Å². The number of anilines is 3. The molecule has 248 valence electrons. The van der Waals surface area contributed by atoms with Gasteiger partial charge in [-0.3, -0.25) is 4.90 Å². The van der Waals surface area contributed by atoms with Crippen LogP contribution < -0.4 is 15.4 Å². The van der Waals surface area contributed by atoms with Crippen LogP contribution in [0.2, 0.25) is 0 Å². The number of sulfone groups is 1. The van der Waals surface area contributed by atoms with E-state index in [0.717, 1.165) is 5.69 Å². The molecule has 3 aromatic rings. The number of hydrogen-bond donors (Lipinski definition) is 4. The minimum atomic E-state index is -3.72. The van der Waals surface area contributed by atoms with Gasteiger partial charge in [-0.25, -0.2) is 13.4 Å². The molecule has 0 aliphatic carbocycles. The second-order valence-corrected chi connectivity index (χ2v) is 14.0. The van der Waals surface area contributed by atoms with Gasteiger partial charge in [0.1, 0.15) is 29.0 Å². The highest BCUT2D eigenvalue weighted by molar-refractivity contribution is 7.91. The van der Waals surface area contributed by atoms with Crippen LogP contribution in [0.25, 0.3) is 0 Å². The topological polar surface area (TPSA) is 173 Å². The Balaban J connectivity index is 2.08. The molecule has 0 spiro atoms. The number of aryl methyl sites for hydroxylation is 1. The fourth-order valence-corrected chi connectivity index (χ4v) is 6.39. The predicted octanol–water partition coefficient (Wildman–Crippen LogP) is 5.65. The second kappa shape index (κ2) is 16.0. The molecule has 0 bridgehead atoms. The van der Waals surface area contributed by atoms with Gasteiger partial charge >= 0.3 is 0 Å². The lowest BCUT2D eigenvalue weighted by molar-refractivity contribution is 0.113. The van der Waals surface area contributed by atoms with Gasteiger partial charge in [0.15, 0.2) is 15.7 Å². The van der Waals surface area contributed by atoms with E-state index in [2.05, 4.69) is 31.9 Å². The molecule has 46 heavy (non-hydrogen) atoms. The zero-order valence-corrected chi connectivity index (χ0v) is 28.4. The van der Waals surface area contributed by atoms with E-state index in [9.17, 15) is 23.9 Å². The summed E-state index contributed by atoms with van der Waals surface area (Å²) in [5.41, 5.74) is 2.37. The zero-order chi connectivity index (χ0) is 34.1. The van der Waals surface area contributed by atoms with Gasteiger partial charge in [0, 0.05) is 42.5 Å². The third kappa shape index (κ3) is 9.23. The lowest BCUT2D eigenvalue weighted by Gasteiger charge is -2.35. The van der Waals surface area contributed by atoms with Crippen LogP contribution in [0.15, 0.2) is 57.6 Å². The number of nitrogens with zero attached hydrogens (tertiary/aromatic N) is 5. The third-order valence-corrected chi connectivity index (χ3v) is 9.18. The number of aromatic nitrogens is 1. The van der Waals surface area contributed by atoms with Gasteiger partial charge in [0.25, 0.3) is 0 Å². The Kier molecular flexibility index (Phi) is 12.6. The summed E-state index contributed by atoms with van der Waals surface area (Å²) in [5, 5.41) is 44.5. The van der Waals surface area contributed by atoms with Gasteiger partial charge in [0.2, 0.25) is 0 Å². The molecule has 0 saturated carbocycles. The van der Waals surface area contributed by atoms with E-state index in [-0.39, 0.29) is 47.2 Å². The normalized spacial score (nSPS) is 12.7. The molecule has 1 aromatic heterocycles. The number of rotatable bonds is 15. The Hall–Kier alpha value is -4.09. The first-order valence-electron chi connectivity index (χ1n) is 15.2. The van der Waals surface area contributed by atoms with E-state index >= 15 is 0 Å². The van der Waals surface area contributed by atoms with E-state index < -0.39 is 15.9 Å². The van der Waals surface area contributed by atoms with Gasteiger partial charge in [-0.15, -0.1) is 10.2 Å². The van der Waals surface area contributed by atoms with Gasteiger partial charge < -0.3 is 25.6 Å². The number of nitriles is 1. The maximum atomic E-state index is 13.6. The van der Waals surface area contributed by atoms with E-state index in [1.807, 2.05) is 62.9 Å². The van der Waals surface area contributed by atoms with Crippen LogP contribution in [0.4, 0.5) is 28.7 Å². The highest BCUT2D eigenvalue weighted by Gasteiger charge is 2.26. The first kappa shape index (κ1) is 36.4. The average molecular weight is 652 g/mol. The Morgan fingerprint density at radius 2 is 1.83 bits per heavy atom. The van der Waals surface area contributed by atoms with Crippen molar-refractivity contribution >= 4 is 38.5 Å². The maximum Gasteiger partial charge on any atom is 0.180 e. The van der Waals surface area contributed by atoms with E-state index in [0.29, 0.717) is 47.1 Å². The molecule has 3 rings (SSSR count). The standard InChI is InChI=1S/C33H45N7O5S/c1-8-24-18-27(28(45-7)19-29(24)46(43,44)17-15-40(14-16-41)33(4,5)6)38-39-30-23(3)26(20-34)31(35-21-22(2)42)37-32(30)36-25-12-10-9-11-13-25/h9-13,18-19,22,41-42H,8,14-17,21H2,1-7H3,(H2,35,36,37). The van der Waals surface area contributed by atoms with Crippen LogP contribution >= 0.6 is 0 Å². The average Bonchev–Trinajstić information content (AvgIpc) is 3.01. The molecule has 2 aromatic carbocycles. The molecule has 4 N–H and O–H groups in total. The number of ether oxygens (including phenoxy) is 1. The smallest absolute Gasteiger partial charge is 0.180 e. The molecule has 0 aliphatic rings. The van der Waals surface area contributed by atoms with Crippen molar-refractivity contribution in [3.8, 4) is 11.8 Å². The molecule has 0 aliphatic heterocycles. The SMILES string of the molecule is CCc1cc(N=Nc2c(Nc3ccccc3)nc(NCC(C)O)c(C#N)c2C)c(OC)cc1S(=O)(=O)CCN(CCO)C(C)(C)C. The van der Waals surface area contributed by atoms with Crippen molar-refractivity contribution in [2.75, 3.05) is 49.7 Å². The molecular weight excluding hydrogens is 606 g/mol. The highest BCUT2D eigenvalue weighted by atomic mass is 32.2. The van der Waals surface area contributed by atoms with Crippen molar-refractivity contribution in [1.29, 1.82) is 5.26 Å². The summed E-state index contributed by atoms with van der Waals surface area (Å²) in [7, 11) is -2.29. The van der Waals surface area contributed by atoms with E-state index in [1.54, 1.807) is 19.9 Å². The number of hydrogen-bond acceptors (Lipinski definition) is 12. The first-order chi connectivity index (χ1) is 21.7. The number of methoxy groups -OCH3 is 1. The second-order valence-electron chi connectivity index (χ2n) is 11.9. The number of azo groups is 1. The van der Waals surface area contributed by atoms with E-state index in [1.165, 1.54) is 13.2 Å². The summed E-state index contributed by atoms with van der Waals surface area (Å²) >= 11 is 0. The van der Waals surface area contributed by atoms with Crippen LogP contribution in [0.3, 0.4) is 0 Å². The molecule has 1 unspecified atom stereocenters. The predicted molar refractivity (Wildman–Crippen MR) is 181 cm³/mol. The summed E-state index contributed by atoms with van der Waals surface area (Å²) in [4.78, 5) is 6.73. The first-order valence-corrected chi connectivity index (χ1v) is 16.8. The summed E-state index contributed by atoms with van der Waals surface area (Å²) in [6.07, 6.45) is -0.242. The molecule has 1 atom stereocenters. The van der Waals surface area contributed by atoms with Crippen LogP contribution in [-0.2, 0) is 16.3 Å². The molecule has 12 nitrogen and oxygen atoms in total.